The van der Waals surface area contributed by atoms with E-state index >= 15 is 0 Å². The summed E-state index contributed by atoms with van der Waals surface area (Å²) in [6.45, 7) is 4.97. The molecule has 1 aliphatic heterocycles. The molecule has 2 aromatic rings. The molecule has 10 heteroatoms. The van der Waals surface area contributed by atoms with Crippen LogP contribution in [0.4, 0.5) is 17.1 Å². The number of nitrogens with one attached hydrogen (secondary N) is 1. The Bertz CT molecular complexity index is 1120. The van der Waals surface area contributed by atoms with Gasteiger partial charge in [-0.2, -0.15) is 5.26 Å². The minimum atomic E-state index is -0.869. The lowest BCUT2D eigenvalue weighted by molar-refractivity contribution is -0.384. The number of carbonyl (C=O) groups excluding carboxylic acids is 2. The van der Waals surface area contributed by atoms with Crippen molar-refractivity contribution in [2.24, 2.45) is 11.8 Å². The zero-order chi connectivity index (χ0) is 24.1. The Hall–Kier alpha value is -3.64. The second-order valence-electron chi connectivity index (χ2n) is 8.24. The number of carbonyl (C=O) groups is 2. The lowest BCUT2D eigenvalue weighted by Crippen LogP contribution is -2.39. The number of anilines is 2. The molecule has 2 aromatic carbocycles. The van der Waals surface area contributed by atoms with E-state index in [9.17, 15) is 19.7 Å². The molecule has 1 fully saturated rings. The summed E-state index contributed by atoms with van der Waals surface area (Å²) in [5.74, 6) is -0.744. The summed E-state index contributed by atoms with van der Waals surface area (Å²) >= 11 is 5.89. The van der Waals surface area contributed by atoms with Gasteiger partial charge in [0.1, 0.15) is 11.8 Å². The molecule has 0 saturated carbocycles. The third-order valence-corrected chi connectivity index (χ3v) is 5.56. The molecule has 3 rings (SSSR count). The fraction of sp³-hybridized carbons (Fsp3) is 0.348. The minimum absolute atomic E-state index is 0.0307. The Morgan fingerprint density at radius 2 is 1.94 bits per heavy atom. The largest absolute Gasteiger partial charge is 0.452 e. The second-order valence-corrected chi connectivity index (χ2v) is 8.67. The first-order valence-corrected chi connectivity index (χ1v) is 10.8. The molecule has 1 saturated heterocycles. The van der Waals surface area contributed by atoms with Crippen LogP contribution in [0.15, 0.2) is 36.4 Å². The van der Waals surface area contributed by atoms with Crippen molar-refractivity contribution >= 4 is 40.5 Å². The number of amides is 1. The molecule has 2 atom stereocenters. The third-order valence-electron chi connectivity index (χ3n) is 5.33. The minimum Gasteiger partial charge on any atom is -0.452 e. The SMILES string of the molecule is C[C@H]1C[C@H](C)CN(c2ccc(C(=O)OCC(=O)Nc3cc(Cl)ccc3C#N)cc2[N+](=O)[O-])C1. The first-order valence-electron chi connectivity index (χ1n) is 10.4. The van der Waals surface area contributed by atoms with Gasteiger partial charge in [0.15, 0.2) is 6.61 Å². The first-order chi connectivity index (χ1) is 15.7. The molecule has 0 unspecified atom stereocenters. The standard InChI is InChI=1S/C23H23ClN4O5/c1-14-7-15(2)12-27(11-14)20-6-4-16(8-21(20)28(31)32)23(30)33-13-22(29)26-19-9-18(24)5-3-17(19)10-25/h3-6,8-9,14-15H,7,11-13H2,1-2H3,(H,26,29)/t14-,15-/m0/s1. The van der Waals surface area contributed by atoms with Crippen molar-refractivity contribution in [3.8, 4) is 6.07 Å². The van der Waals surface area contributed by atoms with Gasteiger partial charge in [0.05, 0.1) is 21.7 Å². The van der Waals surface area contributed by atoms with E-state index in [4.69, 9.17) is 21.6 Å². The molecule has 9 nitrogen and oxygen atoms in total. The van der Waals surface area contributed by atoms with Gasteiger partial charge >= 0.3 is 5.97 Å². The molecule has 0 aliphatic carbocycles. The van der Waals surface area contributed by atoms with Gasteiger partial charge in [-0.3, -0.25) is 14.9 Å². The van der Waals surface area contributed by atoms with E-state index in [1.54, 1.807) is 6.07 Å². The van der Waals surface area contributed by atoms with Crippen molar-refractivity contribution in [3.63, 3.8) is 0 Å². The molecular formula is C23H23ClN4O5. The van der Waals surface area contributed by atoms with Gasteiger partial charge < -0.3 is 15.0 Å². The van der Waals surface area contributed by atoms with Crippen LogP contribution in [0.1, 0.15) is 36.2 Å². The maximum absolute atomic E-state index is 12.4. The number of ether oxygens (including phenoxy) is 1. The number of halogens is 1. The quantitative estimate of drug-likeness (QED) is 0.376. The average molecular weight is 471 g/mol. The molecule has 1 N–H and O–H groups in total. The topological polar surface area (TPSA) is 126 Å². The molecule has 1 aliphatic rings. The van der Waals surface area contributed by atoms with Crippen LogP contribution < -0.4 is 10.2 Å². The summed E-state index contributed by atoms with van der Waals surface area (Å²) in [5.41, 5.74) is 0.630. The fourth-order valence-corrected chi connectivity index (χ4v) is 4.21. The lowest BCUT2D eigenvalue weighted by atomic mass is 9.91. The normalized spacial score (nSPS) is 17.7. The van der Waals surface area contributed by atoms with Crippen LogP contribution >= 0.6 is 11.6 Å². The van der Waals surface area contributed by atoms with Crippen molar-refractivity contribution in [1.29, 1.82) is 5.26 Å². The Labute approximate surface area is 196 Å². The van der Waals surface area contributed by atoms with E-state index in [2.05, 4.69) is 19.2 Å². The number of nitrogens with zero attached hydrogens (tertiary/aromatic N) is 3. The van der Waals surface area contributed by atoms with Gasteiger partial charge in [0.2, 0.25) is 0 Å². The van der Waals surface area contributed by atoms with Gasteiger partial charge in [-0.15, -0.1) is 0 Å². The molecular weight excluding hydrogens is 448 g/mol. The number of esters is 1. The van der Waals surface area contributed by atoms with E-state index in [0.717, 1.165) is 6.42 Å². The van der Waals surface area contributed by atoms with Crippen molar-refractivity contribution < 1.29 is 19.2 Å². The Balaban J connectivity index is 1.69. The summed E-state index contributed by atoms with van der Waals surface area (Å²) in [7, 11) is 0. The summed E-state index contributed by atoms with van der Waals surface area (Å²) in [5, 5.41) is 23.6. The maximum Gasteiger partial charge on any atom is 0.338 e. The van der Waals surface area contributed by atoms with Crippen molar-refractivity contribution in [1.82, 2.24) is 0 Å². The highest BCUT2D eigenvalue weighted by atomic mass is 35.5. The number of hydrogen-bond acceptors (Lipinski definition) is 7. The van der Waals surface area contributed by atoms with Crippen LogP contribution in [0.3, 0.4) is 0 Å². The molecule has 0 spiro atoms. The molecule has 33 heavy (non-hydrogen) atoms. The zero-order valence-electron chi connectivity index (χ0n) is 18.2. The van der Waals surface area contributed by atoms with Gasteiger partial charge in [-0.25, -0.2) is 4.79 Å². The molecule has 172 valence electrons. The van der Waals surface area contributed by atoms with E-state index in [1.165, 1.54) is 30.3 Å². The molecule has 0 aromatic heterocycles. The number of nitriles is 1. The molecule has 0 radical (unpaired) electrons. The van der Waals surface area contributed by atoms with Crippen LogP contribution in [-0.2, 0) is 9.53 Å². The van der Waals surface area contributed by atoms with E-state index in [0.29, 0.717) is 35.6 Å². The molecule has 1 amide bonds. The van der Waals surface area contributed by atoms with Crippen LogP contribution in [0.5, 0.6) is 0 Å². The van der Waals surface area contributed by atoms with Gasteiger partial charge in [-0.1, -0.05) is 25.4 Å². The van der Waals surface area contributed by atoms with Crippen molar-refractivity contribution in [2.75, 3.05) is 29.9 Å². The Kier molecular flexibility index (Phi) is 7.51. The summed E-state index contributed by atoms with van der Waals surface area (Å²) in [6, 6.07) is 10.5. The highest BCUT2D eigenvalue weighted by molar-refractivity contribution is 6.31. The monoisotopic (exact) mass is 470 g/mol. The molecule has 1 heterocycles. The number of piperidine rings is 1. The van der Waals surface area contributed by atoms with Gasteiger partial charge in [-0.05, 0) is 48.6 Å². The van der Waals surface area contributed by atoms with E-state index < -0.39 is 23.4 Å². The number of hydrogen-bond donors (Lipinski definition) is 1. The van der Waals surface area contributed by atoms with Gasteiger partial charge in [0.25, 0.3) is 11.6 Å². The van der Waals surface area contributed by atoms with Gasteiger partial charge in [0, 0.05) is 24.2 Å². The lowest BCUT2D eigenvalue weighted by Gasteiger charge is -2.36. The summed E-state index contributed by atoms with van der Waals surface area (Å²) in [4.78, 5) is 37.7. The predicted octanol–water partition coefficient (Wildman–Crippen LogP) is 4.40. The smallest absolute Gasteiger partial charge is 0.338 e. The Morgan fingerprint density at radius 1 is 1.24 bits per heavy atom. The summed E-state index contributed by atoms with van der Waals surface area (Å²) < 4.78 is 5.02. The number of nitro benzene ring substituents is 1. The third kappa shape index (κ3) is 5.99. The Morgan fingerprint density at radius 3 is 2.58 bits per heavy atom. The zero-order valence-corrected chi connectivity index (χ0v) is 19.0. The number of benzene rings is 2. The number of nitro groups is 1. The fourth-order valence-electron chi connectivity index (χ4n) is 4.04. The van der Waals surface area contributed by atoms with Crippen LogP contribution in [0.2, 0.25) is 5.02 Å². The van der Waals surface area contributed by atoms with E-state index in [1.807, 2.05) is 11.0 Å². The highest BCUT2D eigenvalue weighted by Crippen LogP contribution is 2.34. The summed E-state index contributed by atoms with van der Waals surface area (Å²) in [6.07, 6.45) is 1.06. The van der Waals surface area contributed by atoms with Crippen LogP contribution in [0.25, 0.3) is 0 Å². The van der Waals surface area contributed by atoms with Crippen molar-refractivity contribution in [2.45, 2.75) is 20.3 Å². The first kappa shape index (κ1) is 24.0. The second kappa shape index (κ2) is 10.3. The van der Waals surface area contributed by atoms with Crippen molar-refractivity contribution in [3.05, 3.63) is 62.7 Å². The van der Waals surface area contributed by atoms with Crippen LogP contribution in [-0.4, -0.2) is 36.5 Å². The average Bonchev–Trinajstić information content (AvgIpc) is 2.76. The predicted molar refractivity (Wildman–Crippen MR) is 123 cm³/mol. The number of rotatable bonds is 6. The van der Waals surface area contributed by atoms with E-state index in [-0.39, 0.29) is 22.5 Å². The maximum atomic E-state index is 12.4. The van der Waals surface area contributed by atoms with Crippen LogP contribution in [0, 0.1) is 33.3 Å². The highest BCUT2D eigenvalue weighted by Gasteiger charge is 2.28. The molecule has 0 bridgehead atoms.